The van der Waals surface area contributed by atoms with E-state index in [0.29, 0.717) is 4.90 Å². The molecule has 0 aromatic heterocycles. The number of alkyl halides is 3. The van der Waals surface area contributed by atoms with Crippen molar-refractivity contribution >= 4 is 11.6 Å². The normalized spacial score (nSPS) is 11.1. The predicted molar refractivity (Wildman–Crippen MR) is 44.7 cm³/mol. The van der Waals surface area contributed by atoms with Crippen LogP contribution in [0.3, 0.4) is 0 Å². The number of carbonyl (C=O) groups is 1. The lowest BCUT2D eigenvalue weighted by Crippen LogP contribution is -2.38. The molecule has 75 valence electrons. The molecule has 5 heteroatoms. The molecule has 0 spiro atoms. The van der Waals surface area contributed by atoms with Crippen molar-refractivity contribution in [1.29, 1.82) is 0 Å². The van der Waals surface area contributed by atoms with E-state index in [-0.39, 0.29) is 5.69 Å². The van der Waals surface area contributed by atoms with Crippen molar-refractivity contribution in [3.63, 3.8) is 0 Å². The van der Waals surface area contributed by atoms with Crippen LogP contribution in [0.15, 0.2) is 24.3 Å². The Morgan fingerprint density at radius 2 is 1.86 bits per heavy atom. The van der Waals surface area contributed by atoms with Gasteiger partial charge in [0.1, 0.15) is 0 Å². The topological polar surface area (TPSA) is 20.3 Å². The molecule has 0 saturated heterocycles. The molecule has 1 aromatic carbocycles. The van der Waals surface area contributed by atoms with Gasteiger partial charge in [0.15, 0.2) is 0 Å². The highest BCUT2D eigenvalue weighted by atomic mass is 19.4. The van der Waals surface area contributed by atoms with Crippen LogP contribution in [0.1, 0.15) is 0 Å². The van der Waals surface area contributed by atoms with E-state index < -0.39 is 12.1 Å². The molecule has 2 nitrogen and oxygen atoms in total. The van der Waals surface area contributed by atoms with E-state index in [4.69, 9.17) is 0 Å². The van der Waals surface area contributed by atoms with Crippen LogP contribution in [-0.4, -0.2) is 19.1 Å². The number of hydrogen-bond donors (Lipinski definition) is 0. The minimum atomic E-state index is -4.84. The number of hydrogen-bond acceptors (Lipinski definition) is 1. The van der Waals surface area contributed by atoms with Crippen LogP contribution < -0.4 is 4.90 Å². The second kappa shape index (κ2) is 3.69. The molecule has 0 N–H and O–H groups in total. The molecule has 14 heavy (non-hydrogen) atoms. The van der Waals surface area contributed by atoms with Crippen LogP contribution >= 0.6 is 0 Å². The van der Waals surface area contributed by atoms with Gasteiger partial charge in [-0.1, -0.05) is 12.1 Å². The Hall–Kier alpha value is -1.52. The van der Waals surface area contributed by atoms with E-state index in [1.807, 2.05) is 0 Å². The van der Waals surface area contributed by atoms with Gasteiger partial charge in [0.05, 0.1) is 0 Å². The van der Waals surface area contributed by atoms with Crippen molar-refractivity contribution in [2.45, 2.75) is 6.18 Å². The summed E-state index contributed by atoms with van der Waals surface area (Å²) in [6, 6.07) is 8.28. The number of carbonyl (C=O) groups excluding carboxylic acids is 1. The second-order valence-electron chi connectivity index (χ2n) is 2.62. The minimum absolute atomic E-state index is 0.186. The third-order valence-corrected chi connectivity index (χ3v) is 1.64. The molecule has 0 aliphatic rings. The molecule has 0 aliphatic carbocycles. The van der Waals surface area contributed by atoms with Gasteiger partial charge in [0, 0.05) is 12.7 Å². The maximum atomic E-state index is 12.0. The standard InChI is InChI=1S/C9H7F3NO/c1-13(8(14)9(10,11)12)7-5-3-2-4-6-7/h3-6H,1H3. The average molecular weight is 202 g/mol. The van der Waals surface area contributed by atoms with Crippen molar-refractivity contribution in [2.75, 3.05) is 11.9 Å². The van der Waals surface area contributed by atoms with Crippen LogP contribution in [0.4, 0.5) is 18.9 Å². The van der Waals surface area contributed by atoms with Crippen LogP contribution in [0.5, 0.6) is 0 Å². The summed E-state index contributed by atoms with van der Waals surface area (Å²) in [5.74, 6) is -1.89. The molecular formula is C9H7F3NO. The van der Waals surface area contributed by atoms with Crippen LogP contribution in [0, 0.1) is 6.07 Å². The smallest absolute Gasteiger partial charge is 0.308 e. The minimum Gasteiger partial charge on any atom is -0.308 e. The summed E-state index contributed by atoms with van der Waals surface area (Å²) in [7, 11) is 1.07. The highest BCUT2D eigenvalue weighted by molar-refractivity contribution is 5.96. The van der Waals surface area contributed by atoms with Gasteiger partial charge in [-0.2, -0.15) is 13.2 Å². The van der Waals surface area contributed by atoms with Gasteiger partial charge < -0.3 is 4.90 Å². The number of rotatable bonds is 1. The second-order valence-corrected chi connectivity index (χ2v) is 2.62. The molecular weight excluding hydrogens is 195 g/mol. The average Bonchev–Trinajstić information content (AvgIpc) is 2.15. The first-order chi connectivity index (χ1) is 6.43. The summed E-state index contributed by atoms with van der Waals surface area (Å²) in [4.78, 5) is 11.3. The van der Waals surface area contributed by atoms with E-state index in [2.05, 4.69) is 6.07 Å². The molecule has 0 bridgehead atoms. The number of benzene rings is 1. The van der Waals surface area contributed by atoms with Gasteiger partial charge in [-0.05, 0) is 18.2 Å². The Kier molecular flexibility index (Phi) is 2.78. The van der Waals surface area contributed by atoms with Crippen LogP contribution in [0.25, 0.3) is 0 Å². The molecule has 0 heterocycles. The lowest BCUT2D eigenvalue weighted by atomic mass is 10.3. The number of amides is 1. The summed E-state index contributed by atoms with van der Waals surface area (Å²) >= 11 is 0. The third-order valence-electron chi connectivity index (χ3n) is 1.64. The first kappa shape index (κ1) is 10.6. The Morgan fingerprint density at radius 3 is 2.29 bits per heavy atom. The number of anilines is 1. The fraction of sp³-hybridized carbons (Fsp3) is 0.222. The van der Waals surface area contributed by atoms with Crippen molar-refractivity contribution in [2.24, 2.45) is 0 Å². The van der Waals surface area contributed by atoms with Crippen molar-refractivity contribution in [3.8, 4) is 0 Å². The zero-order valence-electron chi connectivity index (χ0n) is 7.30. The largest absolute Gasteiger partial charge is 0.471 e. The highest BCUT2D eigenvalue weighted by Gasteiger charge is 2.41. The van der Waals surface area contributed by atoms with Gasteiger partial charge in [0.2, 0.25) is 0 Å². The summed E-state index contributed by atoms with van der Waals surface area (Å²) < 4.78 is 36.0. The molecule has 1 rings (SSSR count). The van der Waals surface area contributed by atoms with Crippen molar-refractivity contribution in [1.82, 2.24) is 0 Å². The van der Waals surface area contributed by atoms with E-state index in [0.717, 1.165) is 7.05 Å². The lowest BCUT2D eigenvalue weighted by molar-refractivity contribution is -0.170. The molecule has 0 atom stereocenters. The maximum absolute atomic E-state index is 12.0. The fourth-order valence-corrected chi connectivity index (χ4v) is 0.909. The van der Waals surface area contributed by atoms with Gasteiger partial charge in [-0.25, -0.2) is 0 Å². The van der Waals surface area contributed by atoms with Crippen molar-refractivity contribution in [3.05, 3.63) is 30.3 Å². The van der Waals surface area contributed by atoms with E-state index in [1.165, 1.54) is 24.3 Å². The van der Waals surface area contributed by atoms with Crippen LogP contribution in [-0.2, 0) is 4.79 Å². The molecule has 1 radical (unpaired) electrons. The molecule has 0 unspecified atom stereocenters. The Balaban J connectivity index is 2.87. The van der Waals surface area contributed by atoms with E-state index in [9.17, 15) is 18.0 Å². The SMILES string of the molecule is CN(C(=O)C(F)(F)F)c1cc[c]cc1. The highest BCUT2D eigenvalue weighted by Crippen LogP contribution is 2.21. The molecule has 1 amide bonds. The van der Waals surface area contributed by atoms with Gasteiger partial charge in [-0.3, -0.25) is 4.79 Å². The lowest BCUT2D eigenvalue weighted by Gasteiger charge is -2.18. The monoisotopic (exact) mass is 202 g/mol. The zero-order chi connectivity index (χ0) is 10.8. The van der Waals surface area contributed by atoms with Gasteiger partial charge >= 0.3 is 12.1 Å². The summed E-state index contributed by atoms with van der Waals surface area (Å²) in [5.41, 5.74) is 0.186. The van der Waals surface area contributed by atoms with E-state index in [1.54, 1.807) is 0 Å². The maximum Gasteiger partial charge on any atom is 0.471 e. The number of halogens is 3. The third kappa shape index (κ3) is 2.25. The van der Waals surface area contributed by atoms with Crippen LogP contribution in [0.2, 0.25) is 0 Å². The first-order valence-electron chi connectivity index (χ1n) is 3.74. The Bertz CT molecular complexity index is 321. The molecule has 0 fully saturated rings. The quantitative estimate of drug-likeness (QED) is 0.682. The Labute approximate surface area is 78.9 Å². The molecule has 0 aliphatic heterocycles. The van der Waals surface area contributed by atoms with Gasteiger partial charge in [0.25, 0.3) is 0 Å². The van der Waals surface area contributed by atoms with Crippen molar-refractivity contribution < 1.29 is 18.0 Å². The first-order valence-corrected chi connectivity index (χ1v) is 3.74. The summed E-state index contributed by atoms with van der Waals surface area (Å²) in [5, 5.41) is 0. The Morgan fingerprint density at radius 1 is 1.36 bits per heavy atom. The fourth-order valence-electron chi connectivity index (χ4n) is 0.909. The van der Waals surface area contributed by atoms with E-state index >= 15 is 0 Å². The summed E-state index contributed by atoms with van der Waals surface area (Å²) in [6.07, 6.45) is -4.84. The zero-order valence-corrected chi connectivity index (χ0v) is 7.30. The molecule has 0 saturated carbocycles. The number of nitrogens with zero attached hydrogens (tertiary/aromatic N) is 1. The molecule has 1 aromatic rings. The summed E-state index contributed by atoms with van der Waals surface area (Å²) in [6.45, 7) is 0. The predicted octanol–water partition coefficient (Wildman–Crippen LogP) is 2.01. The van der Waals surface area contributed by atoms with Gasteiger partial charge in [-0.15, -0.1) is 0 Å².